The number of rotatable bonds is 3. The van der Waals surface area contributed by atoms with Crippen LogP contribution in [0.3, 0.4) is 0 Å². The largest absolute Gasteiger partial charge is 0.506 e. The summed E-state index contributed by atoms with van der Waals surface area (Å²) in [6.07, 6.45) is 3.74. The van der Waals surface area contributed by atoms with Gasteiger partial charge in [-0.3, -0.25) is 9.59 Å². The van der Waals surface area contributed by atoms with Crippen molar-refractivity contribution in [1.29, 1.82) is 0 Å². The first-order valence-corrected chi connectivity index (χ1v) is 9.90. The molecule has 0 spiro atoms. The number of Topliss-reactive ketones (excluding diaryl/α,β-unsaturated/α-hetero) is 2. The van der Waals surface area contributed by atoms with Gasteiger partial charge in [0.05, 0.1) is 12.1 Å². The third kappa shape index (κ3) is 3.79. The fraction of sp³-hybridized carbons (Fsp3) is 0.375. The summed E-state index contributed by atoms with van der Waals surface area (Å²) < 4.78 is 21.2. The highest BCUT2D eigenvalue weighted by atomic mass is 35.5. The molecule has 1 aliphatic rings. The van der Waals surface area contributed by atoms with Gasteiger partial charge < -0.3 is 9.84 Å². The molecule has 1 aromatic carbocycles. The number of carbonyl (C=O) groups is 2. The first-order valence-electron chi connectivity index (χ1n) is 7.19. The Hall–Kier alpha value is -1.86. The second kappa shape index (κ2) is 6.94. The molecule has 1 aliphatic carbocycles. The number of hydrogen-bond donors (Lipinski definition) is 1. The van der Waals surface area contributed by atoms with Crippen LogP contribution in [0.2, 0.25) is 5.02 Å². The van der Waals surface area contributed by atoms with E-state index in [1.165, 1.54) is 31.8 Å². The van der Waals surface area contributed by atoms with E-state index >= 15 is 0 Å². The van der Waals surface area contributed by atoms with Gasteiger partial charge in [-0.15, -0.1) is 0 Å². The zero-order valence-electron chi connectivity index (χ0n) is 13.6. The van der Waals surface area contributed by atoms with Gasteiger partial charge >= 0.3 is 0 Å². The van der Waals surface area contributed by atoms with Crippen LogP contribution in [0, 0.1) is 0 Å². The molecule has 0 unspecified atom stereocenters. The van der Waals surface area contributed by atoms with Crippen LogP contribution < -0.4 is 4.74 Å². The summed E-state index contributed by atoms with van der Waals surface area (Å²) in [5, 5.41) is 10.4. The molecule has 2 rings (SSSR count). The Balaban J connectivity index is 2.73. The molecule has 1 saturated carbocycles. The Bertz CT molecular complexity index is 839. The first-order chi connectivity index (χ1) is 11.2. The van der Waals surface area contributed by atoms with E-state index in [2.05, 4.69) is 4.36 Å². The summed E-state index contributed by atoms with van der Waals surface area (Å²) in [5.41, 5.74) is -0.0546. The minimum Gasteiger partial charge on any atom is -0.506 e. The second-order valence-electron chi connectivity index (χ2n) is 5.67. The van der Waals surface area contributed by atoms with Crippen molar-refractivity contribution >= 4 is 44.3 Å². The molecule has 0 amide bonds. The van der Waals surface area contributed by atoms with Gasteiger partial charge in [0, 0.05) is 40.6 Å². The molecule has 0 radical (unpaired) electrons. The Morgan fingerprint density at radius 2 is 1.83 bits per heavy atom. The molecule has 1 fully saturated rings. The average molecular weight is 372 g/mol. The summed E-state index contributed by atoms with van der Waals surface area (Å²) in [5.74, 6) is -1.03. The van der Waals surface area contributed by atoms with Crippen LogP contribution in [0.25, 0.3) is 5.76 Å². The number of nitrogens with zero attached hydrogens (tertiary/aromatic N) is 1. The highest BCUT2D eigenvalue weighted by Crippen LogP contribution is 2.41. The monoisotopic (exact) mass is 371 g/mol. The molecule has 0 heterocycles. The lowest BCUT2D eigenvalue weighted by atomic mass is 9.89. The van der Waals surface area contributed by atoms with E-state index in [9.17, 15) is 18.9 Å². The van der Waals surface area contributed by atoms with E-state index < -0.39 is 27.1 Å². The molecule has 24 heavy (non-hydrogen) atoms. The Morgan fingerprint density at radius 3 is 2.33 bits per heavy atom. The molecule has 1 aromatic rings. The number of ketones is 2. The van der Waals surface area contributed by atoms with Crippen molar-refractivity contribution in [2.75, 3.05) is 19.6 Å². The average Bonchev–Trinajstić information content (AvgIpc) is 2.47. The van der Waals surface area contributed by atoms with Gasteiger partial charge in [0.25, 0.3) is 0 Å². The van der Waals surface area contributed by atoms with Gasteiger partial charge in [0.15, 0.2) is 11.6 Å². The number of hydrogen-bond acceptors (Lipinski definition) is 6. The topological polar surface area (TPSA) is 93.0 Å². The molecule has 8 heteroatoms. The minimum absolute atomic E-state index is 0.0260. The van der Waals surface area contributed by atoms with Crippen LogP contribution in [-0.4, -0.2) is 40.5 Å². The number of halogens is 1. The van der Waals surface area contributed by atoms with Crippen LogP contribution in [0.15, 0.2) is 22.1 Å². The van der Waals surface area contributed by atoms with Crippen molar-refractivity contribution in [3.63, 3.8) is 0 Å². The van der Waals surface area contributed by atoms with Crippen molar-refractivity contribution < 1.29 is 23.6 Å². The predicted octanol–water partition coefficient (Wildman–Crippen LogP) is 3.30. The molecule has 1 N–H and O–H groups in total. The van der Waals surface area contributed by atoms with E-state index in [1.54, 1.807) is 0 Å². The van der Waals surface area contributed by atoms with Gasteiger partial charge in [-0.1, -0.05) is 11.6 Å². The molecule has 0 atom stereocenters. The van der Waals surface area contributed by atoms with E-state index in [-0.39, 0.29) is 40.4 Å². The van der Waals surface area contributed by atoms with Crippen LogP contribution in [-0.2, 0) is 19.3 Å². The standard InChI is InChI=1S/C16H18ClNO5S/c1-23-12-8-7-9(14(17)15(12)18-24(2,3)22)16(21)13-10(19)5-4-6-11(13)20/h7-8,21H,4-6H2,1-3H3. The fourth-order valence-electron chi connectivity index (χ4n) is 2.41. The normalized spacial score (nSPS) is 15.4. The zero-order valence-corrected chi connectivity index (χ0v) is 15.2. The maximum atomic E-state index is 12.0. The summed E-state index contributed by atoms with van der Waals surface area (Å²) >= 11 is 6.29. The van der Waals surface area contributed by atoms with Gasteiger partial charge in [-0.05, 0) is 18.6 Å². The Kier molecular flexibility index (Phi) is 5.35. The first kappa shape index (κ1) is 18.5. The Morgan fingerprint density at radius 1 is 1.25 bits per heavy atom. The second-order valence-corrected chi connectivity index (χ2v) is 8.60. The van der Waals surface area contributed by atoms with Crippen LogP contribution in [0.5, 0.6) is 5.75 Å². The number of carbonyl (C=O) groups excluding carboxylic acids is 2. The number of aliphatic hydroxyl groups excluding tert-OH is 1. The molecule has 0 aliphatic heterocycles. The fourth-order valence-corrected chi connectivity index (χ4v) is 3.37. The van der Waals surface area contributed by atoms with E-state index in [1.807, 2.05) is 0 Å². The summed E-state index contributed by atoms with van der Waals surface area (Å²) in [6, 6.07) is 2.92. The van der Waals surface area contributed by atoms with Crippen molar-refractivity contribution in [3.8, 4) is 5.75 Å². The lowest BCUT2D eigenvalue weighted by Gasteiger charge is -2.16. The summed E-state index contributed by atoms with van der Waals surface area (Å²) in [6.45, 7) is 0. The molecule has 130 valence electrons. The quantitative estimate of drug-likeness (QED) is 0.500. The third-order valence-corrected chi connectivity index (χ3v) is 4.47. The number of ether oxygens (including phenoxy) is 1. The van der Waals surface area contributed by atoms with Gasteiger partial charge in [-0.25, -0.2) is 4.21 Å². The van der Waals surface area contributed by atoms with Gasteiger partial charge in [0.2, 0.25) is 0 Å². The highest BCUT2D eigenvalue weighted by Gasteiger charge is 2.29. The number of allylic oxidation sites excluding steroid dienone is 1. The molecule has 0 saturated heterocycles. The lowest BCUT2D eigenvalue weighted by molar-refractivity contribution is -0.123. The maximum Gasteiger partial charge on any atom is 0.170 e. The van der Waals surface area contributed by atoms with Crippen LogP contribution >= 0.6 is 11.6 Å². The van der Waals surface area contributed by atoms with E-state index in [4.69, 9.17) is 16.3 Å². The third-order valence-electron chi connectivity index (χ3n) is 3.47. The van der Waals surface area contributed by atoms with E-state index in [0.717, 1.165) is 0 Å². The SMILES string of the molecule is COc1ccc(C(O)=C2C(=O)CCCC2=O)c(Cl)c1N=S(C)(C)=O. The van der Waals surface area contributed by atoms with Crippen molar-refractivity contribution in [1.82, 2.24) is 0 Å². The summed E-state index contributed by atoms with van der Waals surface area (Å²) in [7, 11) is -1.14. The molecule has 6 nitrogen and oxygen atoms in total. The number of benzene rings is 1. The van der Waals surface area contributed by atoms with Gasteiger partial charge in [0.1, 0.15) is 22.8 Å². The van der Waals surface area contributed by atoms with Crippen molar-refractivity contribution in [2.24, 2.45) is 4.36 Å². The molecule has 0 aromatic heterocycles. The van der Waals surface area contributed by atoms with Crippen molar-refractivity contribution in [2.45, 2.75) is 19.3 Å². The Labute approximate surface area is 145 Å². The highest BCUT2D eigenvalue weighted by molar-refractivity contribution is 7.92. The molecular weight excluding hydrogens is 354 g/mol. The minimum atomic E-state index is -2.54. The molecule has 0 bridgehead atoms. The molecular formula is C16H18ClNO5S. The van der Waals surface area contributed by atoms with Gasteiger partial charge in [-0.2, -0.15) is 4.36 Å². The summed E-state index contributed by atoms with van der Waals surface area (Å²) in [4.78, 5) is 24.0. The van der Waals surface area contributed by atoms with Crippen LogP contribution in [0.1, 0.15) is 24.8 Å². The smallest absolute Gasteiger partial charge is 0.170 e. The lowest BCUT2D eigenvalue weighted by Crippen LogP contribution is -2.20. The van der Waals surface area contributed by atoms with Crippen LogP contribution in [0.4, 0.5) is 5.69 Å². The van der Waals surface area contributed by atoms with E-state index in [0.29, 0.717) is 6.42 Å². The zero-order chi connectivity index (χ0) is 18.1. The number of aliphatic hydroxyl groups is 1. The number of methoxy groups -OCH3 is 1. The van der Waals surface area contributed by atoms with Crippen molar-refractivity contribution in [3.05, 3.63) is 28.3 Å². The predicted molar refractivity (Wildman–Crippen MR) is 93.5 cm³/mol. The maximum absolute atomic E-state index is 12.0.